The van der Waals surface area contributed by atoms with Gasteiger partial charge < -0.3 is 15.2 Å². The smallest absolute Gasteiger partial charge is 0.225 e. The SMILES string of the molecule is NC1=N[C@@]2(CCS1)c1cc(-c3cccnc3F)ccc1Oc1ncc(C3=CCCOC3)cc12. The number of ether oxygens (including phenoxy) is 2. The van der Waals surface area contributed by atoms with E-state index in [0.717, 1.165) is 47.5 Å². The summed E-state index contributed by atoms with van der Waals surface area (Å²) in [5.41, 5.74) is 10.5. The number of pyridine rings is 2. The molecule has 0 aliphatic carbocycles. The van der Waals surface area contributed by atoms with Gasteiger partial charge in [0.05, 0.1) is 13.2 Å². The van der Waals surface area contributed by atoms with Gasteiger partial charge in [0.25, 0.3) is 0 Å². The maximum atomic E-state index is 14.5. The first-order valence-corrected chi connectivity index (χ1v) is 11.8. The largest absolute Gasteiger partial charge is 0.438 e. The van der Waals surface area contributed by atoms with E-state index in [1.54, 1.807) is 12.1 Å². The third-order valence-electron chi connectivity index (χ3n) is 6.29. The Morgan fingerprint density at radius 1 is 1.09 bits per heavy atom. The molecule has 3 aliphatic heterocycles. The van der Waals surface area contributed by atoms with E-state index in [1.165, 1.54) is 18.0 Å². The highest BCUT2D eigenvalue weighted by atomic mass is 32.2. The van der Waals surface area contributed by atoms with Crippen molar-refractivity contribution in [2.45, 2.75) is 18.4 Å². The number of amidine groups is 1. The Morgan fingerprint density at radius 3 is 2.82 bits per heavy atom. The van der Waals surface area contributed by atoms with E-state index in [4.69, 9.17) is 20.2 Å². The van der Waals surface area contributed by atoms with Crippen LogP contribution in [-0.2, 0) is 10.3 Å². The van der Waals surface area contributed by atoms with E-state index in [1.807, 2.05) is 24.4 Å². The first-order valence-electron chi connectivity index (χ1n) is 10.8. The molecule has 2 aromatic heterocycles. The molecule has 1 atom stereocenters. The number of nitrogens with two attached hydrogens (primary N) is 1. The predicted octanol–water partition coefficient (Wildman–Crippen LogP) is 4.89. The van der Waals surface area contributed by atoms with Crippen LogP contribution < -0.4 is 10.5 Å². The molecular formula is C25H21FN4O2S. The summed E-state index contributed by atoms with van der Waals surface area (Å²) in [4.78, 5) is 13.4. The molecule has 0 unspecified atom stereocenters. The van der Waals surface area contributed by atoms with Crippen LogP contribution >= 0.6 is 11.8 Å². The molecule has 33 heavy (non-hydrogen) atoms. The molecule has 2 N–H and O–H groups in total. The molecule has 0 saturated carbocycles. The highest BCUT2D eigenvalue weighted by Crippen LogP contribution is 2.53. The van der Waals surface area contributed by atoms with Gasteiger partial charge in [-0.15, -0.1) is 0 Å². The second-order valence-corrected chi connectivity index (χ2v) is 9.33. The van der Waals surface area contributed by atoms with Gasteiger partial charge in [0, 0.05) is 34.8 Å². The minimum Gasteiger partial charge on any atom is -0.438 e. The molecule has 0 saturated heterocycles. The fourth-order valence-corrected chi connectivity index (χ4v) is 5.52. The van der Waals surface area contributed by atoms with Gasteiger partial charge in [-0.25, -0.2) is 15.0 Å². The van der Waals surface area contributed by atoms with Crippen LogP contribution in [0.25, 0.3) is 16.7 Å². The van der Waals surface area contributed by atoms with Crippen LogP contribution in [0.1, 0.15) is 29.5 Å². The first kappa shape index (κ1) is 20.4. The molecular weight excluding hydrogens is 439 g/mol. The van der Waals surface area contributed by atoms with Crippen molar-refractivity contribution < 1.29 is 13.9 Å². The molecule has 3 aromatic rings. The van der Waals surface area contributed by atoms with E-state index in [2.05, 4.69) is 22.1 Å². The van der Waals surface area contributed by atoms with Gasteiger partial charge >= 0.3 is 0 Å². The zero-order chi connectivity index (χ0) is 22.4. The van der Waals surface area contributed by atoms with Crippen LogP contribution in [0.3, 0.4) is 0 Å². The average Bonchev–Trinajstić information content (AvgIpc) is 2.85. The summed E-state index contributed by atoms with van der Waals surface area (Å²) < 4.78 is 26.3. The van der Waals surface area contributed by atoms with Gasteiger partial charge in [-0.1, -0.05) is 23.9 Å². The molecule has 8 heteroatoms. The van der Waals surface area contributed by atoms with Gasteiger partial charge in [-0.2, -0.15) is 4.39 Å². The van der Waals surface area contributed by atoms with Gasteiger partial charge in [0.2, 0.25) is 11.8 Å². The molecule has 0 radical (unpaired) electrons. The van der Waals surface area contributed by atoms with Crippen LogP contribution in [0.15, 0.2) is 59.9 Å². The van der Waals surface area contributed by atoms with Crippen LogP contribution in [0.5, 0.6) is 11.6 Å². The number of fused-ring (bicyclic) bond motifs is 4. The van der Waals surface area contributed by atoms with Gasteiger partial charge in [-0.3, -0.25) is 0 Å². The fourth-order valence-electron chi connectivity index (χ4n) is 4.69. The van der Waals surface area contributed by atoms with E-state index in [-0.39, 0.29) is 0 Å². The molecule has 166 valence electrons. The van der Waals surface area contributed by atoms with Crippen molar-refractivity contribution in [3.63, 3.8) is 0 Å². The average molecular weight is 461 g/mol. The maximum Gasteiger partial charge on any atom is 0.225 e. The summed E-state index contributed by atoms with van der Waals surface area (Å²) in [5, 5.41) is 0.517. The Hall–Kier alpha value is -3.23. The molecule has 6 nitrogen and oxygen atoms in total. The van der Waals surface area contributed by atoms with Gasteiger partial charge in [0.15, 0.2) is 5.17 Å². The Balaban J connectivity index is 1.56. The minimum atomic E-state index is -0.758. The summed E-state index contributed by atoms with van der Waals surface area (Å²) in [6, 6.07) is 11.2. The summed E-state index contributed by atoms with van der Waals surface area (Å²) in [6.45, 7) is 1.28. The van der Waals surface area contributed by atoms with Crippen molar-refractivity contribution in [2.75, 3.05) is 19.0 Å². The summed E-state index contributed by atoms with van der Waals surface area (Å²) in [7, 11) is 0. The number of halogens is 1. The number of thioether (sulfide) groups is 1. The minimum absolute atomic E-state index is 0.430. The van der Waals surface area contributed by atoms with Crippen molar-refractivity contribution in [3.05, 3.63) is 77.5 Å². The standard InChI is InChI=1S/C25H21FN4O2S/c26-22-18(4-1-8-28-22)15-5-6-21-19(11-15)25(7-10-33-24(27)30-25)20-12-17(13-29-23(20)32-21)16-3-2-9-31-14-16/h1,3-6,8,11-13H,2,7,9-10,14H2,(H2,27,30)/t25-/m0/s1. The molecule has 3 aliphatic rings. The summed E-state index contributed by atoms with van der Waals surface area (Å²) in [5.74, 6) is 1.46. The van der Waals surface area contributed by atoms with Crippen LogP contribution in [0.4, 0.5) is 4.39 Å². The van der Waals surface area contributed by atoms with Crippen LogP contribution in [0.2, 0.25) is 0 Å². The van der Waals surface area contributed by atoms with Crippen molar-refractivity contribution in [2.24, 2.45) is 10.7 Å². The Kier molecular flexibility index (Phi) is 4.92. The molecule has 0 fully saturated rings. The van der Waals surface area contributed by atoms with E-state index >= 15 is 0 Å². The number of aliphatic imine (C=N–C) groups is 1. The zero-order valence-electron chi connectivity index (χ0n) is 17.8. The van der Waals surface area contributed by atoms with Crippen molar-refractivity contribution in [3.8, 4) is 22.8 Å². The number of aromatic nitrogens is 2. The Labute approximate surface area is 194 Å². The van der Waals surface area contributed by atoms with Crippen LogP contribution in [0, 0.1) is 5.95 Å². The lowest BCUT2D eigenvalue weighted by molar-refractivity contribution is 0.164. The predicted molar refractivity (Wildman–Crippen MR) is 127 cm³/mol. The molecule has 5 heterocycles. The second-order valence-electron chi connectivity index (χ2n) is 8.21. The summed E-state index contributed by atoms with van der Waals surface area (Å²) >= 11 is 1.54. The lowest BCUT2D eigenvalue weighted by Crippen LogP contribution is -2.36. The Morgan fingerprint density at radius 2 is 2.00 bits per heavy atom. The van der Waals surface area contributed by atoms with E-state index in [0.29, 0.717) is 34.5 Å². The third-order valence-corrected chi connectivity index (χ3v) is 7.09. The molecule has 1 spiro atoms. The maximum absolute atomic E-state index is 14.5. The highest BCUT2D eigenvalue weighted by Gasteiger charge is 2.45. The van der Waals surface area contributed by atoms with E-state index < -0.39 is 11.5 Å². The zero-order valence-corrected chi connectivity index (χ0v) is 18.6. The third kappa shape index (κ3) is 3.41. The van der Waals surface area contributed by atoms with Gasteiger partial charge in [0.1, 0.15) is 11.3 Å². The number of nitrogens with zero attached hydrogens (tertiary/aromatic N) is 3. The number of benzene rings is 1. The molecule has 0 amide bonds. The Bertz CT molecular complexity index is 1330. The monoisotopic (exact) mass is 460 g/mol. The second kappa shape index (κ2) is 7.97. The quantitative estimate of drug-likeness (QED) is 0.549. The van der Waals surface area contributed by atoms with Crippen molar-refractivity contribution in [1.82, 2.24) is 9.97 Å². The normalized spacial score (nSPS) is 21.5. The topological polar surface area (TPSA) is 82.6 Å². The number of hydrogen-bond acceptors (Lipinski definition) is 7. The number of rotatable bonds is 2. The fraction of sp³-hybridized carbons (Fsp3) is 0.240. The van der Waals surface area contributed by atoms with Crippen LogP contribution in [-0.4, -0.2) is 34.1 Å². The van der Waals surface area contributed by atoms with Crippen molar-refractivity contribution in [1.29, 1.82) is 0 Å². The van der Waals surface area contributed by atoms with E-state index in [9.17, 15) is 4.39 Å². The van der Waals surface area contributed by atoms with Gasteiger partial charge in [-0.05, 0) is 59.9 Å². The lowest BCUT2D eigenvalue weighted by Gasteiger charge is -2.39. The molecule has 1 aromatic carbocycles. The van der Waals surface area contributed by atoms with Crippen molar-refractivity contribution >= 4 is 22.5 Å². The number of hydrogen-bond donors (Lipinski definition) is 1. The molecule has 0 bridgehead atoms. The lowest BCUT2D eigenvalue weighted by atomic mass is 9.78. The first-order chi connectivity index (χ1) is 16.1. The summed E-state index contributed by atoms with van der Waals surface area (Å²) in [6.07, 6.45) is 7.05. The molecule has 6 rings (SSSR count). The highest BCUT2D eigenvalue weighted by molar-refractivity contribution is 8.13.